The van der Waals surface area contributed by atoms with Crippen molar-refractivity contribution in [2.45, 2.75) is 110 Å². The van der Waals surface area contributed by atoms with Crippen molar-refractivity contribution in [3.05, 3.63) is 78.1 Å². The maximum atomic E-state index is 15.0. The Hall–Kier alpha value is -5.44. The number of ether oxygens (including phenoxy) is 7. The lowest BCUT2D eigenvalue weighted by Gasteiger charge is -2.45. The molecule has 11 atom stereocenters. The quantitative estimate of drug-likeness (QED) is 0.160. The summed E-state index contributed by atoms with van der Waals surface area (Å²) in [5.74, 6) is -8.98. The minimum atomic E-state index is -2.10. The van der Waals surface area contributed by atoms with Gasteiger partial charge >= 0.3 is 35.8 Å². The van der Waals surface area contributed by atoms with Crippen LogP contribution in [0.5, 0.6) is 0 Å². The summed E-state index contributed by atoms with van der Waals surface area (Å²) in [6.45, 7) is 15.2. The Morgan fingerprint density at radius 3 is 1.91 bits per heavy atom. The largest absolute Gasteiger partial charge is 0.462 e. The highest BCUT2D eigenvalue weighted by molar-refractivity contribution is 5.93. The molecule has 2 saturated carbocycles. The lowest BCUT2D eigenvalue weighted by molar-refractivity contribution is -0.188. The number of epoxide rings is 1. The number of ketones is 1. The fourth-order valence-corrected chi connectivity index (χ4v) is 8.24. The van der Waals surface area contributed by atoms with E-state index in [-0.39, 0.29) is 23.1 Å². The van der Waals surface area contributed by atoms with E-state index < -0.39 is 113 Å². The lowest BCUT2D eigenvalue weighted by atomic mass is 9.69. The number of pyridine rings is 1. The van der Waals surface area contributed by atoms with Gasteiger partial charge in [-0.25, -0.2) is 9.59 Å². The van der Waals surface area contributed by atoms with Crippen LogP contribution in [0.4, 0.5) is 0 Å². The summed E-state index contributed by atoms with van der Waals surface area (Å²) in [5, 5.41) is 0. The lowest BCUT2D eigenvalue weighted by Crippen LogP contribution is -2.60. The van der Waals surface area contributed by atoms with E-state index in [1.807, 2.05) is 0 Å². The summed E-state index contributed by atoms with van der Waals surface area (Å²) in [6, 6.07) is 10.9. The molecule has 1 aromatic carbocycles. The molecule has 0 N–H and O–H groups in total. The number of carbonyl (C=O) groups excluding carboxylic acids is 7. The summed E-state index contributed by atoms with van der Waals surface area (Å²) in [7, 11) is 0. The van der Waals surface area contributed by atoms with Crippen LogP contribution in [-0.2, 0) is 57.1 Å². The van der Waals surface area contributed by atoms with Gasteiger partial charge < -0.3 is 33.2 Å². The van der Waals surface area contributed by atoms with Gasteiger partial charge in [-0.15, -0.1) is 0 Å². The Balaban J connectivity index is 1.82. The third-order valence-electron chi connectivity index (χ3n) is 10.6. The topological polar surface area (TPSA) is 200 Å². The van der Waals surface area contributed by atoms with E-state index in [1.54, 1.807) is 45.9 Å². The highest BCUT2D eigenvalue weighted by Gasteiger charge is 2.69. The minimum absolute atomic E-state index is 0.0374. The first-order valence-corrected chi connectivity index (χ1v) is 18.3. The van der Waals surface area contributed by atoms with Gasteiger partial charge in [-0.2, -0.15) is 0 Å². The molecule has 3 aliphatic rings. The van der Waals surface area contributed by atoms with Gasteiger partial charge in [-0.05, 0) is 30.2 Å². The van der Waals surface area contributed by atoms with Gasteiger partial charge in [0.05, 0.1) is 29.3 Å². The third-order valence-corrected chi connectivity index (χ3v) is 10.6. The van der Waals surface area contributed by atoms with Gasteiger partial charge in [0, 0.05) is 63.4 Å². The molecule has 2 aromatic rings. The van der Waals surface area contributed by atoms with Crippen LogP contribution in [0.25, 0.3) is 0 Å². The number of Topliss-reactive ketones (excluding diaryl/α,β-unsaturated/α-hetero) is 1. The van der Waals surface area contributed by atoms with E-state index in [2.05, 4.69) is 11.6 Å². The maximum absolute atomic E-state index is 15.0. The second-order valence-electron chi connectivity index (χ2n) is 15.2. The second-order valence-corrected chi connectivity index (χ2v) is 15.2. The zero-order valence-electron chi connectivity index (χ0n) is 32.5. The van der Waals surface area contributed by atoms with Crippen LogP contribution in [-0.4, -0.2) is 94.9 Å². The zero-order valence-corrected chi connectivity index (χ0v) is 32.5. The molecule has 1 saturated heterocycles. The second kappa shape index (κ2) is 16.3. The van der Waals surface area contributed by atoms with Crippen LogP contribution in [0.15, 0.2) is 67.0 Å². The van der Waals surface area contributed by atoms with Crippen molar-refractivity contribution >= 4 is 41.6 Å². The highest BCUT2D eigenvalue weighted by atomic mass is 16.6. The van der Waals surface area contributed by atoms with Gasteiger partial charge in [0.15, 0.2) is 29.7 Å². The number of hydrogen-bond donors (Lipinski definition) is 0. The molecule has 2 aliphatic carbocycles. The van der Waals surface area contributed by atoms with Crippen LogP contribution in [0.2, 0.25) is 0 Å². The normalized spacial score (nSPS) is 32.1. The fraction of sp³-hybridized carbons (Fsp3) is 0.512. The van der Waals surface area contributed by atoms with E-state index in [0.29, 0.717) is 0 Å². The van der Waals surface area contributed by atoms with E-state index in [1.165, 1.54) is 36.7 Å². The Labute approximate surface area is 324 Å². The van der Waals surface area contributed by atoms with Crippen molar-refractivity contribution in [1.29, 1.82) is 0 Å². The van der Waals surface area contributed by atoms with E-state index in [9.17, 15) is 28.8 Å². The number of benzene rings is 1. The summed E-state index contributed by atoms with van der Waals surface area (Å²) in [6.07, 6.45) is -7.17. The first kappa shape index (κ1) is 41.7. The average Bonchev–Trinajstić information content (AvgIpc) is 3.91. The van der Waals surface area contributed by atoms with Crippen LogP contribution < -0.4 is 0 Å². The van der Waals surface area contributed by atoms with Crippen molar-refractivity contribution in [2.75, 3.05) is 0 Å². The molecule has 300 valence electrons. The SMILES string of the molecule is C=C1[C@H](OC(C)=O)[C@@H](OC(=O)c2ccccc2)[C@H](OC(=O)c2cccnc2)C(C)(C)[C@H]2O[C@@H]2[C@@H](C)C(=O)[C@@]2(OC(C)=O)C[C@@H](C)[C@H](OC(C)=O)[C@@H]2[C@H]1OC(C)=O. The Morgan fingerprint density at radius 1 is 0.750 bits per heavy atom. The average molecular weight is 778 g/mol. The number of esters is 6. The summed E-state index contributed by atoms with van der Waals surface area (Å²) in [4.78, 5) is 98.8. The first-order valence-electron chi connectivity index (χ1n) is 18.3. The van der Waals surface area contributed by atoms with Crippen molar-refractivity contribution < 1.29 is 66.7 Å². The number of carbonyl (C=O) groups is 7. The Morgan fingerprint density at radius 2 is 1.34 bits per heavy atom. The molecule has 0 spiro atoms. The van der Waals surface area contributed by atoms with Crippen molar-refractivity contribution in [1.82, 2.24) is 4.98 Å². The molecule has 15 heteroatoms. The number of nitrogens with zero attached hydrogens (tertiary/aromatic N) is 1. The van der Waals surface area contributed by atoms with E-state index >= 15 is 4.79 Å². The standard InChI is InChI=1S/C41H47NO14/c1-20-18-41(56-26(7)46)29(30(20)50-23(4)43)31(51-24(5)44)21(2)32(52-25(6)45)34(54-38(48)27-14-11-10-12-15-27)37(55-39(49)28-16-13-17-42-19-28)40(8,9)36-33(53-36)22(3)35(41)47/h10-17,19-20,22,29-34,36-37H,2,18H2,1,3-9H3/t20-,22-,29-,30+,31+,32+,33-,34-,36+,37+,41-/m1/s1. The smallest absolute Gasteiger partial charge is 0.340 e. The zero-order chi connectivity index (χ0) is 41.3. The van der Waals surface area contributed by atoms with Crippen molar-refractivity contribution in [3.63, 3.8) is 0 Å². The molecule has 1 aliphatic heterocycles. The summed E-state index contributed by atoms with van der Waals surface area (Å²) >= 11 is 0. The fourth-order valence-electron chi connectivity index (χ4n) is 8.24. The van der Waals surface area contributed by atoms with Crippen molar-refractivity contribution in [2.24, 2.45) is 23.2 Å². The van der Waals surface area contributed by atoms with Gasteiger partial charge in [-0.3, -0.25) is 29.0 Å². The molecule has 56 heavy (non-hydrogen) atoms. The first-order chi connectivity index (χ1) is 26.3. The monoisotopic (exact) mass is 777 g/mol. The van der Waals surface area contributed by atoms with E-state index in [4.69, 9.17) is 33.2 Å². The van der Waals surface area contributed by atoms with Gasteiger partial charge in [0.1, 0.15) is 12.2 Å². The van der Waals surface area contributed by atoms with Crippen LogP contribution in [0, 0.1) is 23.2 Å². The molecule has 15 nitrogen and oxygen atoms in total. The van der Waals surface area contributed by atoms with Gasteiger partial charge in [0.25, 0.3) is 0 Å². The molecular formula is C41H47NO14. The van der Waals surface area contributed by atoms with E-state index in [0.717, 1.165) is 27.7 Å². The van der Waals surface area contributed by atoms with Gasteiger partial charge in [-0.1, -0.05) is 52.5 Å². The highest BCUT2D eigenvalue weighted by Crippen LogP contribution is 2.54. The molecule has 5 rings (SSSR count). The molecule has 0 radical (unpaired) electrons. The predicted molar refractivity (Wildman–Crippen MR) is 193 cm³/mol. The predicted octanol–water partition coefficient (Wildman–Crippen LogP) is 4.15. The Kier molecular flexibility index (Phi) is 12.2. The third kappa shape index (κ3) is 8.37. The van der Waals surface area contributed by atoms with Crippen LogP contribution in [0.3, 0.4) is 0 Å². The molecular weight excluding hydrogens is 730 g/mol. The number of fused-ring (bicyclic) bond motifs is 2. The summed E-state index contributed by atoms with van der Waals surface area (Å²) < 4.78 is 42.4. The molecule has 0 amide bonds. The molecule has 2 heterocycles. The number of hydrogen-bond acceptors (Lipinski definition) is 15. The van der Waals surface area contributed by atoms with Crippen LogP contribution >= 0.6 is 0 Å². The van der Waals surface area contributed by atoms with Crippen LogP contribution in [0.1, 0.15) is 82.5 Å². The molecule has 1 aromatic heterocycles. The molecule has 0 unspecified atom stereocenters. The minimum Gasteiger partial charge on any atom is -0.462 e. The Bertz CT molecular complexity index is 1880. The van der Waals surface area contributed by atoms with Gasteiger partial charge in [0.2, 0.25) is 0 Å². The van der Waals surface area contributed by atoms with Crippen molar-refractivity contribution in [3.8, 4) is 0 Å². The molecule has 3 fully saturated rings. The maximum Gasteiger partial charge on any atom is 0.340 e. The molecule has 0 bridgehead atoms. The number of rotatable bonds is 8. The number of aromatic nitrogens is 1. The summed E-state index contributed by atoms with van der Waals surface area (Å²) in [5.41, 5.74) is -3.58.